The van der Waals surface area contributed by atoms with Crippen LogP contribution in [0.25, 0.3) is 0 Å². The molecule has 1 fully saturated rings. The van der Waals surface area contributed by atoms with Gasteiger partial charge in [0, 0.05) is 19.0 Å². The maximum Gasteiger partial charge on any atom is 0.320 e. The molecule has 2 N–H and O–H groups in total. The molecule has 0 saturated heterocycles. The number of hydrogen-bond donors (Lipinski definition) is 1. The van der Waals surface area contributed by atoms with Crippen molar-refractivity contribution in [1.82, 2.24) is 4.90 Å². The van der Waals surface area contributed by atoms with Crippen LogP contribution in [-0.4, -0.2) is 41.6 Å². The largest absolute Gasteiger partial charge is 0.465 e. The Balaban J connectivity index is 2.23. The highest BCUT2D eigenvalue weighted by molar-refractivity contribution is 7.80. The molecule has 0 bridgehead atoms. The molecular formula is C12H22N2O2S. The lowest BCUT2D eigenvalue weighted by Crippen LogP contribution is -2.35. The Morgan fingerprint density at radius 3 is 2.76 bits per heavy atom. The molecule has 5 heteroatoms. The van der Waals surface area contributed by atoms with Crippen LogP contribution in [0.3, 0.4) is 0 Å². The number of hydrogen-bond acceptors (Lipinski definition) is 4. The molecule has 0 atom stereocenters. The van der Waals surface area contributed by atoms with Crippen molar-refractivity contribution in [3.05, 3.63) is 0 Å². The monoisotopic (exact) mass is 258 g/mol. The number of thiocarbonyl (C=S) groups is 1. The van der Waals surface area contributed by atoms with Gasteiger partial charge in [0.15, 0.2) is 0 Å². The molecule has 0 aromatic rings. The predicted molar refractivity (Wildman–Crippen MR) is 71.9 cm³/mol. The number of unbranched alkanes of at least 4 members (excludes halogenated alkanes) is 1. The number of nitrogens with two attached hydrogens (primary N) is 1. The Labute approximate surface area is 108 Å². The van der Waals surface area contributed by atoms with Crippen molar-refractivity contribution < 1.29 is 9.53 Å². The fourth-order valence-electron chi connectivity index (χ4n) is 1.63. The zero-order valence-corrected chi connectivity index (χ0v) is 11.3. The summed E-state index contributed by atoms with van der Waals surface area (Å²) in [7, 11) is 0. The van der Waals surface area contributed by atoms with E-state index in [-0.39, 0.29) is 5.97 Å². The third kappa shape index (κ3) is 6.58. The van der Waals surface area contributed by atoms with Gasteiger partial charge in [-0.3, -0.25) is 9.69 Å². The Morgan fingerprint density at radius 1 is 1.53 bits per heavy atom. The van der Waals surface area contributed by atoms with Gasteiger partial charge in [-0.2, -0.15) is 0 Å². The predicted octanol–water partition coefficient (Wildman–Crippen LogP) is 1.47. The molecule has 17 heavy (non-hydrogen) atoms. The molecule has 0 unspecified atom stereocenters. The van der Waals surface area contributed by atoms with Crippen LogP contribution >= 0.6 is 12.2 Å². The highest BCUT2D eigenvalue weighted by atomic mass is 32.1. The molecule has 0 spiro atoms. The van der Waals surface area contributed by atoms with Crippen molar-refractivity contribution in [2.75, 3.05) is 19.7 Å². The third-order valence-electron chi connectivity index (χ3n) is 2.80. The quantitative estimate of drug-likeness (QED) is 0.385. The van der Waals surface area contributed by atoms with Crippen molar-refractivity contribution in [3.63, 3.8) is 0 Å². The van der Waals surface area contributed by atoms with Crippen molar-refractivity contribution in [2.45, 2.75) is 45.1 Å². The smallest absolute Gasteiger partial charge is 0.320 e. The average molecular weight is 258 g/mol. The van der Waals surface area contributed by atoms with Gasteiger partial charge >= 0.3 is 5.97 Å². The van der Waals surface area contributed by atoms with E-state index in [0.29, 0.717) is 30.6 Å². The number of rotatable bonds is 9. The summed E-state index contributed by atoms with van der Waals surface area (Å²) >= 11 is 4.86. The molecule has 1 saturated carbocycles. The highest BCUT2D eigenvalue weighted by Crippen LogP contribution is 2.26. The SMILES string of the molecule is CCCCOC(=O)CN(CCC(N)=S)C1CC1. The number of esters is 1. The summed E-state index contributed by atoms with van der Waals surface area (Å²) < 4.78 is 5.15. The number of carbonyl (C=O) groups is 1. The van der Waals surface area contributed by atoms with Crippen LogP contribution in [0.2, 0.25) is 0 Å². The summed E-state index contributed by atoms with van der Waals surface area (Å²) in [4.78, 5) is 14.2. The normalized spacial score (nSPS) is 14.9. The van der Waals surface area contributed by atoms with Crippen molar-refractivity contribution >= 4 is 23.2 Å². The van der Waals surface area contributed by atoms with E-state index in [1.807, 2.05) is 0 Å². The molecule has 0 amide bonds. The summed E-state index contributed by atoms with van der Waals surface area (Å²) in [6.07, 6.45) is 4.98. The molecule has 98 valence electrons. The Bertz CT molecular complexity index is 267. The molecular weight excluding hydrogens is 236 g/mol. The molecule has 0 aliphatic heterocycles. The van der Waals surface area contributed by atoms with Crippen LogP contribution in [-0.2, 0) is 9.53 Å². The minimum atomic E-state index is -0.131. The lowest BCUT2D eigenvalue weighted by atomic mass is 10.3. The van der Waals surface area contributed by atoms with E-state index in [9.17, 15) is 4.79 Å². The third-order valence-corrected chi connectivity index (χ3v) is 3.01. The lowest BCUT2D eigenvalue weighted by Gasteiger charge is -2.20. The van der Waals surface area contributed by atoms with Crippen molar-refractivity contribution in [1.29, 1.82) is 0 Å². The zero-order chi connectivity index (χ0) is 12.7. The number of nitrogens with zero attached hydrogens (tertiary/aromatic N) is 1. The lowest BCUT2D eigenvalue weighted by molar-refractivity contribution is -0.145. The van der Waals surface area contributed by atoms with E-state index in [0.717, 1.165) is 19.4 Å². The van der Waals surface area contributed by atoms with Crippen LogP contribution in [0.1, 0.15) is 39.0 Å². The van der Waals surface area contributed by atoms with E-state index < -0.39 is 0 Å². The van der Waals surface area contributed by atoms with Crippen LogP contribution < -0.4 is 5.73 Å². The summed E-state index contributed by atoms with van der Waals surface area (Å²) in [6, 6.07) is 0.531. The molecule has 0 aromatic carbocycles. The minimum absolute atomic E-state index is 0.131. The minimum Gasteiger partial charge on any atom is -0.465 e. The fraction of sp³-hybridized carbons (Fsp3) is 0.833. The molecule has 0 heterocycles. The maximum atomic E-state index is 11.6. The fourth-order valence-corrected chi connectivity index (χ4v) is 1.72. The van der Waals surface area contributed by atoms with Gasteiger partial charge in [-0.25, -0.2) is 0 Å². The van der Waals surface area contributed by atoms with Crippen LogP contribution in [0.5, 0.6) is 0 Å². The van der Waals surface area contributed by atoms with Gasteiger partial charge in [0.25, 0.3) is 0 Å². The van der Waals surface area contributed by atoms with Gasteiger partial charge in [0.2, 0.25) is 0 Å². The maximum absolute atomic E-state index is 11.6. The first-order chi connectivity index (χ1) is 8.13. The Hall–Kier alpha value is -0.680. The molecule has 1 aliphatic carbocycles. The second-order valence-corrected chi connectivity index (χ2v) is 5.02. The number of ether oxygens (including phenoxy) is 1. The van der Waals surface area contributed by atoms with Crippen LogP contribution in [0, 0.1) is 0 Å². The van der Waals surface area contributed by atoms with E-state index in [2.05, 4.69) is 11.8 Å². The van der Waals surface area contributed by atoms with Crippen LogP contribution in [0.4, 0.5) is 0 Å². The second kappa shape index (κ2) is 7.61. The summed E-state index contributed by atoms with van der Waals surface area (Å²) in [5.74, 6) is -0.131. The van der Waals surface area contributed by atoms with Crippen LogP contribution in [0.15, 0.2) is 0 Å². The summed E-state index contributed by atoms with van der Waals surface area (Å²) in [5.41, 5.74) is 5.48. The van der Waals surface area contributed by atoms with E-state index in [1.54, 1.807) is 0 Å². The first-order valence-electron chi connectivity index (χ1n) is 6.31. The van der Waals surface area contributed by atoms with Gasteiger partial charge in [0.1, 0.15) is 0 Å². The van der Waals surface area contributed by atoms with E-state index >= 15 is 0 Å². The van der Waals surface area contributed by atoms with E-state index in [1.165, 1.54) is 12.8 Å². The molecule has 0 radical (unpaired) electrons. The molecule has 1 rings (SSSR count). The van der Waals surface area contributed by atoms with Gasteiger partial charge in [-0.05, 0) is 19.3 Å². The molecule has 4 nitrogen and oxygen atoms in total. The van der Waals surface area contributed by atoms with Gasteiger partial charge in [-0.1, -0.05) is 25.6 Å². The number of carbonyl (C=O) groups excluding carboxylic acids is 1. The van der Waals surface area contributed by atoms with Crippen molar-refractivity contribution in [2.24, 2.45) is 5.73 Å². The van der Waals surface area contributed by atoms with Gasteiger partial charge in [-0.15, -0.1) is 0 Å². The summed E-state index contributed by atoms with van der Waals surface area (Å²) in [5, 5.41) is 0. The average Bonchev–Trinajstić information content (AvgIpc) is 3.08. The second-order valence-electron chi connectivity index (χ2n) is 4.49. The van der Waals surface area contributed by atoms with E-state index in [4.69, 9.17) is 22.7 Å². The highest BCUT2D eigenvalue weighted by Gasteiger charge is 2.30. The van der Waals surface area contributed by atoms with Crippen molar-refractivity contribution in [3.8, 4) is 0 Å². The zero-order valence-electron chi connectivity index (χ0n) is 10.5. The van der Waals surface area contributed by atoms with Gasteiger partial charge in [0.05, 0.1) is 18.1 Å². The summed E-state index contributed by atoms with van der Waals surface area (Å²) in [6.45, 7) is 3.75. The Kier molecular flexibility index (Phi) is 6.44. The first-order valence-corrected chi connectivity index (χ1v) is 6.72. The standard InChI is InChI=1S/C12H22N2O2S/c1-2-3-8-16-12(15)9-14(10-4-5-10)7-6-11(13)17/h10H,2-9H2,1H3,(H2,13,17). The Morgan fingerprint density at radius 2 is 2.24 bits per heavy atom. The van der Waals surface area contributed by atoms with Gasteiger partial charge < -0.3 is 10.5 Å². The molecule has 1 aliphatic rings. The first kappa shape index (κ1) is 14.4. The molecule has 0 aromatic heterocycles. The topological polar surface area (TPSA) is 55.6 Å².